The summed E-state index contributed by atoms with van der Waals surface area (Å²) < 4.78 is 1.79. The van der Waals surface area contributed by atoms with Gasteiger partial charge in [-0.25, -0.2) is 0 Å². The van der Waals surface area contributed by atoms with Crippen LogP contribution in [0.4, 0.5) is 0 Å². The van der Waals surface area contributed by atoms with Gasteiger partial charge in [0.25, 0.3) is 5.91 Å². The average Bonchev–Trinajstić information content (AvgIpc) is 2.80. The zero-order chi connectivity index (χ0) is 14.0. The Morgan fingerprint density at radius 3 is 2.63 bits per heavy atom. The van der Waals surface area contributed by atoms with E-state index in [9.17, 15) is 4.79 Å². The predicted octanol–water partition coefficient (Wildman–Crippen LogP) is 1.41. The molecule has 1 aliphatic heterocycles. The first-order valence-corrected chi connectivity index (χ1v) is 7.03. The normalized spacial score (nSPS) is 18.6. The van der Waals surface area contributed by atoms with E-state index in [0.717, 1.165) is 38.2 Å². The fraction of sp³-hybridized carbons (Fsp3) is 0.714. The van der Waals surface area contributed by atoms with Crippen molar-refractivity contribution < 1.29 is 4.79 Å². The number of nitrogens with two attached hydrogens (primary N) is 1. The lowest BCUT2D eigenvalue weighted by Crippen LogP contribution is -2.45. The van der Waals surface area contributed by atoms with Gasteiger partial charge in [0.1, 0.15) is 5.69 Å². The minimum atomic E-state index is 0.0986. The number of nitrogens with zero attached hydrogens (tertiary/aromatic N) is 3. The molecule has 1 saturated heterocycles. The molecule has 106 valence electrons. The summed E-state index contributed by atoms with van der Waals surface area (Å²) in [7, 11) is 0. The maximum absolute atomic E-state index is 12.5. The molecule has 1 aromatic rings. The number of hydrogen-bond donors (Lipinski definition) is 1. The molecule has 2 rings (SSSR count). The number of piperidine rings is 1. The topological polar surface area (TPSA) is 64.2 Å². The van der Waals surface area contributed by atoms with Gasteiger partial charge in [-0.2, -0.15) is 5.10 Å². The van der Waals surface area contributed by atoms with Crippen molar-refractivity contribution in [3.8, 4) is 0 Å². The average molecular weight is 264 g/mol. The van der Waals surface area contributed by atoms with Gasteiger partial charge in [-0.15, -0.1) is 0 Å². The van der Waals surface area contributed by atoms with Crippen LogP contribution in [-0.4, -0.2) is 40.2 Å². The molecule has 5 heteroatoms. The number of carbonyl (C=O) groups is 1. The molecule has 0 spiro atoms. The van der Waals surface area contributed by atoms with E-state index in [-0.39, 0.29) is 11.3 Å². The van der Waals surface area contributed by atoms with E-state index in [1.54, 1.807) is 4.68 Å². The number of hydrogen-bond acceptors (Lipinski definition) is 3. The van der Waals surface area contributed by atoms with E-state index in [2.05, 4.69) is 12.0 Å². The Morgan fingerprint density at radius 1 is 1.47 bits per heavy atom. The van der Waals surface area contributed by atoms with Crippen molar-refractivity contribution in [1.82, 2.24) is 14.7 Å². The molecule has 1 amide bonds. The van der Waals surface area contributed by atoms with E-state index in [0.29, 0.717) is 12.2 Å². The molecule has 0 radical (unpaired) electrons. The van der Waals surface area contributed by atoms with Crippen LogP contribution >= 0.6 is 0 Å². The highest BCUT2D eigenvalue weighted by atomic mass is 16.2. The van der Waals surface area contributed by atoms with Gasteiger partial charge < -0.3 is 10.6 Å². The van der Waals surface area contributed by atoms with Crippen molar-refractivity contribution in [2.24, 2.45) is 11.1 Å². The van der Waals surface area contributed by atoms with E-state index >= 15 is 0 Å². The van der Waals surface area contributed by atoms with Crippen molar-refractivity contribution >= 4 is 5.91 Å². The maximum atomic E-state index is 12.5. The fourth-order valence-corrected chi connectivity index (χ4v) is 2.57. The summed E-state index contributed by atoms with van der Waals surface area (Å²) in [6.07, 6.45) is 1.96. The molecule has 0 saturated carbocycles. The second-order valence-electron chi connectivity index (χ2n) is 5.79. The molecular weight excluding hydrogens is 240 g/mol. The summed E-state index contributed by atoms with van der Waals surface area (Å²) in [4.78, 5) is 14.5. The zero-order valence-electron chi connectivity index (χ0n) is 12.1. The Kier molecular flexibility index (Phi) is 3.94. The summed E-state index contributed by atoms with van der Waals surface area (Å²) in [5.41, 5.74) is 7.60. The van der Waals surface area contributed by atoms with Crippen LogP contribution in [0.2, 0.25) is 0 Å². The third-order valence-corrected chi connectivity index (χ3v) is 4.17. The summed E-state index contributed by atoms with van der Waals surface area (Å²) in [6, 6.07) is 1.88. The summed E-state index contributed by atoms with van der Waals surface area (Å²) in [5, 5.41) is 4.34. The molecule has 19 heavy (non-hydrogen) atoms. The highest BCUT2D eigenvalue weighted by molar-refractivity contribution is 5.92. The second kappa shape index (κ2) is 5.33. The number of aryl methyl sites for hydroxylation is 2. The van der Waals surface area contributed by atoms with Gasteiger partial charge in [-0.3, -0.25) is 9.48 Å². The van der Waals surface area contributed by atoms with Crippen molar-refractivity contribution in [3.63, 3.8) is 0 Å². The first-order chi connectivity index (χ1) is 8.99. The molecule has 1 fully saturated rings. The quantitative estimate of drug-likeness (QED) is 0.898. The van der Waals surface area contributed by atoms with Crippen LogP contribution in [-0.2, 0) is 6.54 Å². The molecule has 0 aromatic carbocycles. The molecule has 1 aliphatic rings. The van der Waals surface area contributed by atoms with Crippen molar-refractivity contribution in [3.05, 3.63) is 17.5 Å². The Balaban J connectivity index is 2.09. The molecule has 0 unspecified atom stereocenters. The Bertz CT molecular complexity index is 458. The third-order valence-electron chi connectivity index (χ3n) is 4.17. The van der Waals surface area contributed by atoms with Crippen molar-refractivity contribution in [1.29, 1.82) is 0 Å². The van der Waals surface area contributed by atoms with Gasteiger partial charge in [0.05, 0.1) is 5.69 Å². The first kappa shape index (κ1) is 14.1. The minimum Gasteiger partial charge on any atom is -0.337 e. The van der Waals surface area contributed by atoms with E-state index in [1.807, 2.05) is 24.8 Å². The van der Waals surface area contributed by atoms with Gasteiger partial charge in [0, 0.05) is 19.6 Å². The fourth-order valence-electron chi connectivity index (χ4n) is 2.57. The van der Waals surface area contributed by atoms with Crippen molar-refractivity contribution in [2.75, 3.05) is 19.6 Å². The van der Waals surface area contributed by atoms with Gasteiger partial charge in [0.15, 0.2) is 0 Å². The van der Waals surface area contributed by atoms with Crippen LogP contribution < -0.4 is 5.73 Å². The number of carbonyl (C=O) groups excluding carboxylic acids is 1. The molecule has 5 nitrogen and oxygen atoms in total. The third kappa shape index (κ3) is 2.81. The molecule has 2 heterocycles. The van der Waals surface area contributed by atoms with E-state index < -0.39 is 0 Å². The lowest BCUT2D eigenvalue weighted by atomic mass is 9.80. The van der Waals surface area contributed by atoms with Gasteiger partial charge in [-0.05, 0) is 44.7 Å². The van der Waals surface area contributed by atoms with Crippen LogP contribution in [0.5, 0.6) is 0 Å². The zero-order valence-corrected chi connectivity index (χ0v) is 12.1. The van der Waals surface area contributed by atoms with E-state index in [1.165, 1.54) is 0 Å². The number of amides is 1. The van der Waals surface area contributed by atoms with Gasteiger partial charge in [0.2, 0.25) is 0 Å². The highest BCUT2D eigenvalue weighted by Gasteiger charge is 2.31. The van der Waals surface area contributed by atoms with Crippen LogP contribution in [0.3, 0.4) is 0 Å². The molecule has 0 atom stereocenters. The van der Waals surface area contributed by atoms with Gasteiger partial charge >= 0.3 is 0 Å². The predicted molar refractivity (Wildman–Crippen MR) is 74.9 cm³/mol. The number of aromatic nitrogens is 2. The van der Waals surface area contributed by atoms with Crippen LogP contribution in [0.1, 0.15) is 42.9 Å². The Hall–Kier alpha value is -1.36. The van der Waals surface area contributed by atoms with Crippen LogP contribution in [0, 0.1) is 12.3 Å². The summed E-state index contributed by atoms with van der Waals surface area (Å²) >= 11 is 0. The number of likely N-dealkylation sites (tertiary alicyclic amines) is 1. The van der Waals surface area contributed by atoms with Crippen LogP contribution in [0.25, 0.3) is 0 Å². The second-order valence-corrected chi connectivity index (χ2v) is 5.79. The maximum Gasteiger partial charge on any atom is 0.272 e. The number of rotatable bonds is 3. The first-order valence-electron chi connectivity index (χ1n) is 7.03. The SMILES string of the molecule is CCn1nc(C)cc1C(=O)N1CCC(C)(CN)CC1. The lowest BCUT2D eigenvalue weighted by Gasteiger charge is -2.38. The molecule has 1 aromatic heterocycles. The van der Waals surface area contributed by atoms with Crippen molar-refractivity contribution in [2.45, 2.75) is 40.2 Å². The largest absolute Gasteiger partial charge is 0.337 e. The summed E-state index contributed by atoms with van der Waals surface area (Å²) in [6.45, 7) is 9.13. The monoisotopic (exact) mass is 264 g/mol. The Labute approximate surface area is 114 Å². The highest BCUT2D eigenvalue weighted by Crippen LogP contribution is 2.30. The van der Waals surface area contributed by atoms with Crippen LogP contribution in [0.15, 0.2) is 6.07 Å². The standard InChI is InChI=1S/C14H24N4O/c1-4-18-12(9-11(2)16-18)13(19)17-7-5-14(3,10-15)6-8-17/h9H,4-8,10,15H2,1-3H3. The molecule has 0 bridgehead atoms. The Morgan fingerprint density at radius 2 is 2.11 bits per heavy atom. The minimum absolute atomic E-state index is 0.0986. The molecule has 2 N–H and O–H groups in total. The molecule has 0 aliphatic carbocycles. The summed E-state index contributed by atoms with van der Waals surface area (Å²) in [5.74, 6) is 0.0986. The van der Waals surface area contributed by atoms with E-state index in [4.69, 9.17) is 5.73 Å². The lowest BCUT2D eigenvalue weighted by molar-refractivity contribution is 0.0605. The van der Waals surface area contributed by atoms with Gasteiger partial charge in [-0.1, -0.05) is 6.92 Å². The smallest absolute Gasteiger partial charge is 0.272 e. The molecular formula is C14H24N4O.